The van der Waals surface area contributed by atoms with Crippen molar-refractivity contribution in [3.63, 3.8) is 0 Å². The van der Waals surface area contributed by atoms with Gasteiger partial charge in [-0.15, -0.1) is 16.4 Å². The molecule has 0 spiro atoms. The molecule has 2 aliphatic carbocycles. The van der Waals surface area contributed by atoms with Crippen LogP contribution < -0.4 is 5.32 Å². The van der Waals surface area contributed by atoms with Crippen molar-refractivity contribution < 1.29 is 9.59 Å². The van der Waals surface area contributed by atoms with Crippen LogP contribution >= 0.6 is 22.9 Å². The number of aryl methyl sites for hydroxylation is 1. The van der Waals surface area contributed by atoms with Gasteiger partial charge in [-0.25, -0.2) is 0 Å². The Morgan fingerprint density at radius 3 is 2.62 bits per heavy atom. The number of carbonyl (C=O) groups is 2. The lowest BCUT2D eigenvalue weighted by atomic mass is 10.1. The summed E-state index contributed by atoms with van der Waals surface area (Å²) in [6.07, 6.45) is 6.22. The first-order valence-electron chi connectivity index (χ1n) is 9.09. The molecule has 0 saturated heterocycles. The van der Waals surface area contributed by atoms with Gasteiger partial charge in [0.05, 0.1) is 0 Å². The van der Waals surface area contributed by atoms with Gasteiger partial charge in [0.15, 0.2) is 5.69 Å². The SMILES string of the molecule is Cc1ccsc1[C@@H](C(=O)NC1CCCC1)N(C(=O)c1csnn1)C1CC1. The van der Waals surface area contributed by atoms with Crippen LogP contribution in [0.3, 0.4) is 0 Å². The maximum Gasteiger partial charge on any atom is 0.276 e. The zero-order valence-corrected chi connectivity index (χ0v) is 16.3. The predicted molar refractivity (Wildman–Crippen MR) is 101 cm³/mol. The summed E-state index contributed by atoms with van der Waals surface area (Å²) in [5.74, 6) is -0.258. The van der Waals surface area contributed by atoms with Gasteiger partial charge >= 0.3 is 0 Å². The molecule has 138 valence electrons. The van der Waals surface area contributed by atoms with Crippen molar-refractivity contribution in [1.82, 2.24) is 19.8 Å². The molecule has 2 heterocycles. The van der Waals surface area contributed by atoms with Crippen molar-refractivity contribution >= 4 is 34.7 Å². The fourth-order valence-corrected chi connectivity index (χ4v) is 5.08. The summed E-state index contributed by atoms with van der Waals surface area (Å²) < 4.78 is 3.82. The van der Waals surface area contributed by atoms with Crippen molar-refractivity contribution in [3.05, 3.63) is 33.0 Å². The number of aromatic nitrogens is 2. The molecule has 2 aliphatic rings. The molecule has 0 bridgehead atoms. The lowest BCUT2D eigenvalue weighted by Gasteiger charge is -2.31. The summed E-state index contributed by atoms with van der Waals surface area (Å²) >= 11 is 2.70. The minimum Gasteiger partial charge on any atom is -0.351 e. The molecular formula is C18H22N4O2S2. The number of nitrogens with one attached hydrogen (secondary N) is 1. The van der Waals surface area contributed by atoms with E-state index in [-0.39, 0.29) is 23.9 Å². The topological polar surface area (TPSA) is 75.2 Å². The second-order valence-electron chi connectivity index (χ2n) is 7.09. The summed E-state index contributed by atoms with van der Waals surface area (Å²) in [5, 5.41) is 10.8. The number of thiophene rings is 1. The molecule has 0 aromatic carbocycles. The molecule has 2 aromatic heterocycles. The highest BCUT2D eigenvalue weighted by Gasteiger charge is 2.43. The quantitative estimate of drug-likeness (QED) is 0.821. The molecular weight excluding hydrogens is 368 g/mol. The second kappa shape index (κ2) is 7.44. The van der Waals surface area contributed by atoms with E-state index in [2.05, 4.69) is 14.9 Å². The Balaban J connectivity index is 1.67. The third kappa shape index (κ3) is 3.53. The molecule has 2 amide bonds. The average molecular weight is 391 g/mol. The molecule has 0 aliphatic heterocycles. The van der Waals surface area contributed by atoms with Crippen LogP contribution in [0.2, 0.25) is 0 Å². The molecule has 4 rings (SSSR count). The summed E-state index contributed by atoms with van der Waals surface area (Å²) in [6.45, 7) is 2.00. The molecule has 8 heteroatoms. The Labute approximate surface area is 160 Å². The van der Waals surface area contributed by atoms with Crippen LogP contribution in [0.4, 0.5) is 0 Å². The lowest BCUT2D eigenvalue weighted by Crippen LogP contribution is -2.47. The first-order chi connectivity index (χ1) is 12.6. The van der Waals surface area contributed by atoms with Gasteiger partial charge in [-0.2, -0.15) is 0 Å². The van der Waals surface area contributed by atoms with Gasteiger partial charge in [0, 0.05) is 22.3 Å². The smallest absolute Gasteiger partial charge is 0.276 e. The van der Waals surface area contributed by atoms with E-state index < -0.39 is 6.04 Å². The second-order valence-corrected chi connectivity index (χ2v) is 8.65. The van der Waals surface area contributed by atoms with E-state index in [0.717, 1.165) is 60.5 Å². The fraction of sp³-hybridized carbons (Fsp3) is 0.556. The van der Waals surface area contributed by atoms with Crippen molar-refractivity contribution in [2.45, 2.75) is 63.6 Å². The Hall–Kier alpha value is -1.80. The van der Waals surface area contributed by atoms with Crippen LogP contribution in [0.5, 0.6) is 0 Å². The molecule has 26 heavy (non-hydrogen) atoms. The third-order valence-corrected chi connectivity index (χ3v) is 6.71. The van der Waals surface area contributed by atoms with E-state index >= 15 is 0 Å². The predicted octanol–water partition coefficient (Wildman–Crippen LogP) is 3.31. The third-order valence-electron chi connectivity index (χ3n) is 5.13. The normalized spacial score (nSPS) is 18.7. The van der Waals surface area contributed by atoms with Gasteiger partial charge in [0.2, 0.25) is 5.91 Å². The Morgan fingerprint density at radius 2 is 2.04 bits per heavy atom. The Bertz CT molecular complexity index is 779. The summed E-state index contributed by atoms with van der Waals surface area (Å²) in [5.41, 5.74) is 1.38. The molecule has 2 saturated carbocycles. The van der Waals surface area contributed by atoms with Crippen molar-refractivity contribution in [3.8, 4) is 0 Å². The Morgan fingerprint density at radius 1 is 1.27 bits per heavy atom. The van der Waals surface area contributed by atoms with Crippen molar-refractivity contribution in [1.29, 1.82) is 0 Å². The minimum absolute atomic E-state index is 0.0640. The van der Waals surface area contributed by atoms with Gasteiger partial charge < -0.3 is 10.2 Å². The van der Waals surface area contributed by atoms with Crippen LogP contribution in [0, 0.1) is 6.92 Å². The standard InChI is InChI=1S/C18H22N4O2S2/c1-11-8-9-25-16(11)15(17(23)19-12-4-2-3-5-12)22(13-6-7-13)18(24)14-10-26-21-20-14/h8-10,12-13,15H,2-7H2,1H3,(H,19,23)/t15-/m0/s1. The molecule has 0 radical (unpaired) electrons. The maximum absolute atomic E-state index is 13.3. The zero-order chi connectivity index (χ0) is 18.1. The highest BCUT2D eigenvalue weighted by molar-refractivity contribution is 7.10. The number of amides is 2. The molecule has 1 atom stereocenters. The van der Waals surface area contributed by atoms with E-state index in [4.69, 9.17) is 0 Å². The fourth-order valence-electron chi connectivity index (χ4n) is 3.62. The summed E-state index contributed by atoms with van der Waals surface area (Å²) in [7, 11) is 0. The van der Waals surface area contributed by atoms with E-state index in [1.807, 2.05) is 18.4 Å². The van der Waals surface area contributed by atoms with Crippen LogP contribution in [0.25, 0.3) is 0 Å². The highest BCUT2D eigenvalue weighted by atomic mass is 32.1. The highest BCUT2D eigenvalue weighted by Crippen LogP contribution is 2.39. The minimum atomic E-state index is -0.586. The van der Waals surface area contributed by atoms with Gasteiger partial charge in [0.25, 0.3) is 5.91 Å². The van der Waals surface area contributed by atoms with Crippen molar-refractivity contribution in [2.24, 2.45) is 0 Å². The van der Waals surface area contributed by atoms with Gasteiger partial charge in [-0.05, 0) is 61.1 Å². The number of nitrogens with zero attached hydrogens (tertiary/aromatic N) is 3. The molecule has 6 nitrogen and oxygen atoms in total. The van der Waals surface area contributed by atoms with Crippen LogP contribution in [-0.4, -0.2) is 38.4 Å². The number of hydrogen-bond donors (Lipinski definition) is 1. The first kappa shape index (κ1) is 17.6. The summed E-state index contributed by atoms with van der Waals surface area (Å²) in [6, 6.07) is 1.75. The number of hydrogen-bond acceptors (Lipinski definition) is 6. The largest absolute Gasteiger partial charge is 0.351 e. The van der Waals surface area contributed by atoms with E-state index in [9.17, 15) is 9.59 Å². The Kier molecular flexibility index (Phi) is 5.04. The molecule has 2 fully saturated rings. The molecule has 2 aromatic rings. The van der Waals surface area contributed by atoms with Crippen molar-refractivity contribution in [2.75, 3.05) is 0 Å². The van der Waals surface area contributed by atoms with Gasteiger partial charge in [-0.3, -0.25) is 9.59 Å². The molecule has 1 N–H and O–H groups in total. The van der Waals surface area contributed by atoms with Crippen LogP contribution in [-0.2, 0) is 4.79 Å². The van der Waals surface area contributed by atoms with E-state index in [1.54, 1.807) is 21.6 Å². The summed E-state index contributed by atoms with van der Waals surface area (Å²) in [4.78, 5) is 29.1. The van der Waals surface area contributed by atoms with E-state index in [1.165, 1.54) is 0 Å². The van der Waals surface area contributed by atoms with Crippen LogP contribution in [0.15, 0.2) is 16.8 Å². The lowest BCUT2D eigenvalue weighted by molar-refractivity contribution is -0.126. The first-order valence-corrected chi connectivity index (χ1v) is 10.8. The molecule has 0 unspecified atom stereocenters. The monoisotopic (exact) mass is 390 g/mol. The van der Waals surface area contributed by atoms with Gasteiger partial charge in [0.1, 0.15) is 6.04 Å². The maximum atomic E-state index is 13.3. The van der Waals surface area contributed by atoms with Crippen LogP contribution in [0.1, 0.15) is 65.5 Å². The zero-order valence-electron chi connectivity index (χ0n) is 14.7. The van der Waals surface area contributed by atoms with E-state index in [0.29, 0.717) is 5.69 Å². The average Bonchev–Trinajstić information content (AvgIpc) is 3.05. The number of rotatable bonds is 6. The van der Waals surface area contributed by atoms with Gasteiger partial charge in [-0.1, -0.05) is 17.3 Å². The number of carbonyl (C=O) groups excluding carboxylic acids is 2.